The number of rotatable bonds is 6. The summed E-state index contributed by atoms with van der Waals surface area (Å²) in [7, 11) is -3.77. The number of halogens is 3. The van der Waals surface area contributed by atoms with E-state index in [-0.39, 0.29) is 23.8 Å². The summed E-state index contributed by atoms with van der Waals surface area (Å²) in [6.45, 7) is 3.41. The fourth-order valence-electron chi connectivity index (χ4n) is 1.22. The van der Waals surface area contributed by atoms with Crippen molar-refractivity contribution in [3.05, 3.63) is 28.5 Å². The molecule has 104 valence electrons. The van der Waals surface area contributed by atoms with Crippen LogP contribution in [0.5, 0.6) is 0 Å². The largest absolute Gasteiger partial charge is 0.316 e. The summed E-state index contributed by atoms with van der Waals surface area (Å²) in [4.78, 5) is -0.336. The second-order valence-electron chi connectivity index (χ2n) is 3.33. The van der Waals surface area contributed by atoms with Gasteiger partial charge < -0.3 is 5.32 Å². The lowest BCUT2D eigenvalue weighted by atomic mass is 10.3. The fraction of sp³-hybridized carbons (Fsp3) is 0.400. The van der Waals surface area contributed by atoms with Crippen molar-refractivity contribution in [2.24, 2.45) is 0 Å². The van der Waals surface area contributed by atoms with Crippen LogP contribution in [0, 0.1) is 5.82 Å². The Hall–Kier alpha value is -0.210. The average molecular weight is 362 g/mol. The van der Waals surface area contributed by atoms with E-state index in [1.54, 1.807) is 0 Å². The number of hydrogen-bond donors (Lipinski definition) is 2. The molecule has 4 nitrogen and oxygen atoms in total. The molecule has 0 saturated heterocycles. The summed E-state index contributed by atoms with van der Waals surface area (Å²) in [5.74, 6) is -0.768. The van der Waals surface area contributed by atoms with E-state index < -0.39 is 15.8 Å². The van der Waals surface area contributed by atoms with Gasteiger partial charge in [-0.2, -0.15) is 0 Å². The molecule has 0 aliphatic heterocycles. The molecule has 1 aromatic rings. The Morgan fingerprint density at radius 1 is 1.33 bits per heavy atom. The van der Waals surface area contributed by atoms with Crippen LogP contribution in [0.3, 0.4) is 0 Å². The number of likely N-dealkylation sites (N-methyl/N-ethyl adjacent to an activating group) is 1. The monoisotopic (exact) mass is 360 g/mol. The van der Waals surface area contributed by atoms with Crippen LogP contribution < -0.4 is 10.0 Å². The van der Waals surface area contributed by atoms with E-state index in [0.29, 0.717) is 11.0 Å². The van der Waals surface area contributed by atoms with Crippen LogP contribution in [0.1, 0.15) is 6.92 Å². The second kappa shape index (κ2) is 8.06. The van der Waals surface area contributed by atoms with Gasteiger partial charge in [0, 0.05) is 17.6 Å². The first kappa shape index (κ1) is 17.8. The third-order valence-corrected chi connectivity index (χ3v) is 4.01. The molecular formula is C10H15BrClFN2O2S. The number of sulfonamides is 1. The van der Waals surface area contributed by atoms with Crippen molar-refractivity contribution >= 4 is 38.4 Å². The maximum absolute atomic E-state index is 13.5. The van der Waals surface area contributed by atoms with Gasteiger partial charge >= 0.3 is 0 Å². The van der Waals surface area contributed by atoms with E-state index in [1.165, 1.54) is 12.1 Å². The number of nitrogens with one attached hydrogen (secondary N) is 2. The van der Waals surface area contributed by atoms with Crippen LogP contribution in [0.4, 0.5) is 4.39 Å². The van der Waals surface area contributed by atoms with Crippen LogP contribution in [-0.2, 0) is 10.0 Å². The zero-order valence-electron chi connectivity index (χ0n) is 9.74. The highest BCUT2D eigenvalue weighted by molar-refractivity contribution is 9.10. The van der Waals surface area contributed by atoms with Gasteiger partial charge in [0.2, 0.25) is 10.0 Å². The summed E-state index contributed by atoms with van der Waals surface area (Å²) in [5.41, 5.74) is 0. The van der Waals surface area contributed by atoms with E-state index in [9.17, 15) is 12.8 Å². The molecule has 1 aromatic carbocycles. The van der Waals surface area contributed by atoms with Crippen molar-refractivity contribution in [3.63, 3.8) is 0 Å². The Bertz CT molecular complexity index is 485. The van der Waals surface area contributed by atoms with E-state index >= 15 is 0 Å². The van der Waals surface area contributed by atoms with Crippen molar-refractivity contribution in [2.75, 3.05) is 19.6 Å². The highest BCUT2D eigenvalue weighted by Crippen LogP contribution is 2.18. The maximum Gasteiger partial charge on any atom is 0.243 e. The zero-order chi connectivity index (χ0) is 12.9. The highest BCUT2D eigenvalue weighted by Gasteiger charge is 2.18. The summed E-state index contributed by atoms with van der Waals surface area (Å²) in [5, 5.41) is 2.97. The van der Waals surface area contributed by atoms with Crippen molar-refractivity contribution in [3.8, 4) is 0 Å². The molecule has 0 aromatic heterocycles. The van der Waals surface area contributed by atoms with Crippen LogP contribution >= 0.6 is 28.3 Å². The Balaban J connectivity index is 0.00000289. The Morgan fingerprint density at radius 3 is 2.56 bits per heavy atom. The van der Waals surface area contributed by atoms with Crippen molar-refractivity contribution in [1.29, 1.82) is 0 Å². The zero-order valence-corrected chi connectivity index (χ0v) is 13.0. The van der Waals surface area contributed by atoms with Crippen molar-refractivity contribution in [1.82, 2.24) is 10.0 Å². The first-order valence-electron chi connectivity index (χ1n) is 5.13. The number of benzene rings is 1. The standard InChI is InChI=1S/C10H14BrFN2O2S.ClH/c1-2-13-5-6-14-17(15,16)10-4-3-8(11)7-9(10)12;/h3-4,7,13-14H,2,5-6H2,1H3;1H. The third kappa shape index (κ3) is 5.19. The number of hydrogen-bond acceptors (Lipinski definition) is 3. The Morgan fingerprint density at radius 2 is 2.00 bits per heavy atom. The quantitative estimate of drug-likeness (QED) is 0.761. The maximum atomic E-state index is 13.5. The lowest BCUT2D eigenvalue weighted by molar-refractivity contribution is 0.554. The van der Waals surface area contributed by atoms with Gasteiger partial charge in [0.1, 0.15) is 10.7 Å². The fourth-order valence-corrected chi connectivity index (χ4v) is 2.64. The minimum absolute atomic E-state index is 0. The molecule has 0 unspecified atom stereocenters. The van der Waals surface area contributed by atoms with Crippen molar-refractivity contribution in [2.45, 2.75) is 11.8 Å². The van der Waals surface area contributed by atoms with Gasteiger partial charge in [0.25, 0.3) is 0 Å². The molecular weight excluding hydrogens is 347 g/mol. The van der Waals surface area contributed by atoms with E-state index in [2.05, 4.69) is 26.0 Å². The van der Waals surface area contributed by atoms with Gasteiger partial charge in [-0.25, -0.2) is 17.5 Å². The normalized spacial score (nSPS) is 11.1. The third-order valence-electron chi connectivity index (χ3n) is 2.03. The first-order chi connectivity index (χ1) is 7.97. The van der Waals surface area contributed by atoms with Gasteiger partial charge in [-0.15, -0.1) is 12.4 Å². The summed E-state index contributed by atoms with van der Waals surface area (Å²) < 4.78 is 39.7. The molecule has 0 bridgehead atoms. The Labute approximate surface area is 121 Å². The topological polar surface area (TPSA) is 58.2 Å². The predicted octanol–water partition coefficient (Wildman–Crippen LogP) is 1.90. The molecule has 0 radical (unpaired) electrons. The Kier molecular flexibility index (Phi) is 7.97. The molecule has 1 rings (SSSR count). The van der Waals surface area contributed by atoms with Crippen molar-refractivity contribution < 1.29 is 12.8 Å². The van der Waals surface area contributed by atoms with Crippen LogP contribution in [0.25, 0.3) is 0 Å². The van der Waals surface area contributed by atoms with Gasteiger partial charge in [-0.1, -0.05) is 22.9 Å². The molecule has 0 spiro atoms. The molecule has 0 amide bonds. The molecule has 18 heavy (non-hydrogen) atoms. The van der Waals surface area contributed by atoms with Crippen LogP contribution in [0.2, 0.25) is 0 Å². The molecule has 0 atom stereocenters. The van der Waals surface area contributed by atoms with Gasteiger partial charge in [-0.05, 0) is 24.7 Å². The summed E-state index contributed by atoms with van der Waals surface area (Å²) in [6.07, 6.45) is 0. The lowest BCUT2D eigenvalue weighted by Gasteiger charge is -2.08. The minimum Gasteiger partial charge on any atom is -0.316 e. The smallest absolute Gasteiger partial charge is 0.243 e. The first-order valence-corrected chi connectivity index (χ1v) is 7.40. The second-order valence-corrected chi connectivity index (χ2v) is 5.98. The van der Waals surface area contributed by atoms with E-state index in [1.807, 2.05) is 6.92 Å². The van der Waals surface area contributed by atoms with Gasteiger partial charge in [0.05, 0.1) is 0 Å². The molecule has 0 heterocycles. The highest BCUT2D eigenvalue weighted by atomic mass is 79.9. The van der Waals surface area contributed by atoms with Gasteiger partial charge in [-0.3, -0.25) is 0 Å². The molecule has 8 heteroatoms. The molecule has 0 saturated carbocycles. The molecule has 0 aliphatic rings. The average Bonchev–Trinajstić information content (AvgIpc) is 2.24. The lowest BCUT2D eigenvalue weighted by Crippen LogP contribution is -2.32. The minimum atomic E-state index is -3.77. The van der Waals surface area contributed by atoms with Crippen LogP contribution in [0.15, 0.2) is 27.6 Å². The SMILES string of the molecule is CCNCCNS(=O)(=O)c1ccc(Br)cc1F.Cl. The summed E-state index contributed by atoms with van der Waals surface area (Å²) >= 11 is 3.07. The molecule has 0 fully saturated rings. The van der Waals surface area contributed by atoms with E-state index in [0.717, 1.165) is 12.6 Å². The molecule has 0 aliphatic carbocycles. The summed E-state index contributed by atoms with van der Waals surface area (Å²) in [6, 6.07) is 3.84. The van der Waals surface area contributed by atoms with E-state index in [4.69, 9.17) is 0 Å². The van der Waals surface area contributed by atoms with Crippen LogP contribution in [-0.4, -0.2) is 28.1 Å². The predicted molar refractivity (Wildman–Crippen MR) is 75.1 cm³/mol. The molecule has 2 N–H and O–H groups in total. The van der Waals surface area contributed by atoms with Gasteiger partial charge in [0.15, 0.2) is 0 Å².